The second-order valence-electron chi connectivity index (χ2n) is 6.03. The summed E-state index contributed by atoms with van der Waals surface area (Å²) in [5, 5.41) is 0. The molecule has 0 bridgehead atoms. The third-order valence-electron chi connectivity index (χ3n) is 4.42. The maximum atomic E-state index is 5.80. The molecule has 0 radical (unpaired) electrons. The molecular formula is C16H26N4O2. The first-order valence-electron chi connectivity index (χ1n) is 8.30. The second kappa shape index (κ2) is 7.74. The number of morpholine rings is 1. The van der Waals surface area contributed by atoms with Crippen molar-refractivity contribution in [2.75, 3.05) is 56.3 Å². The molecule has 6 nitrogen and oxygen atoms in total. The molecule has 0 saturated carbocycles. The maximum Gasteiger partial charge on any atom is 0.134 e. The van der Waals surface area contributed by atoms with Gasteiger partial charge in [-0.15, -0.1) is 0 Å². The summed E-state index contributed by atoms with van der Waals surface area (Å²) in [7, 11) is 2.09. The summed E-state index contributed by atoms with van der Waals surface area (Å²) in [5.41, 5.74) is 0. The lowest BCUT2D eigenvalue weighted by atomic mass is 10.1. The van der Waals surface area contributed by atoms with Crippen molar-refractivity contribution in [2.24, 2.45) is 0 Å². The first-order chi connectivity index (χ1) is 10.8. The van der Waals surface area contributed by atoms with Crippen LogP contribution in [0.5, 0.6) is 0 Å². The van der Waals surface area contributed by atoms with E-state index >= 15 is 0 Å². The Labute approximate surface area is 132 Å². The smallest absolute Gasteiger partial charge is 0.134 e. The molecule has 0 unspecified atom stereocenters. The van der Waals surface area contributed by atoms with Gasteiger partial charge < -0.3 is 19.3 Å². The minimum Gasteiger partial charge on any atom is -0.378 e. The van der Waals surface area contributed by atoms with Crippen LogP contribution in [-0.2, 0) is 9.47 Å². The van der Waals surface area contributed by atoms with Crippen molar-refractivity contribution in [1.82, 2.24) is 9.97 Å². The Morgan fingerprint density at radius 2 is 2.09 bits per heavy atom. The molecule has 1 aromatic rings. The van der Waals surface area contributed by atoms with Crippen LogP contribution in [0.1, 0.15) is 25.7 Å². The summed E-state index contributed by atoms with van der Waals surface area (Å²) in [5.74, 6) is 1.97. The molecule has 0 amide bonds. The molecule has 2 aliphatic rings. The van der Waals surface area contributed by atoms with Crippen molar-refractivity contribution in [3.63, 3.8) is 0 Å². The van der Waals surface area contributed by atoms with Crippen molar-refractivity contribution >= 4 is 11.6 Å². The van der Waals surface area contributed by atoms with E-state index in [1.165, 1.54) is 19.3 Å². The van der Waals surface area contributed by atoms with Gasteiger partial charge in [-0.25, -0.2) is 9.97 Å². The summed E-state index contributed by atoms with van der Waals surface area (Å²) in [6.07, 6.45) is 6.83. The Morgan fingerprint density at radius 3 is 2.86 bits per heavy atom. The van der Waals surface area contributed by atoms with Crippen LogP contribution in [-0.4, -0.2) is 62.6 Å². The number of anilines is 2. The van der Waals surface area contributed by atoms with E-state index < -0.39 is 0 Å². The summed E-state index contributed by atoms with van der Waals surface area (Å²) >= 11 is 0. The fourth-order valence-electron chi connectivity index (χ4n) is 3.00. The van der Waals surface area contributed by atoms with Crippen molar-refractivity contribution < 1.29 is 9.47 Å². The Morgan fingerprint density at radius 1 is 1.23 bits per heavy atom. The van der Waals surface area contributed by atoms with Gasteiger partial charge in [0.15, 0.2) is 0 Å². The topological polar surface area (TPSA) is 50.7 Å². The SMILES string of the molecule is CN(CC[C@H]1CCCCO1)c1cc(N2CCOCC2)ncn1. The minimum absolute atomic E-state index is 0.414. The van der Waals surface area contributed by atoms with Gasteiger partial charge in [0.05, 0.1) is 19.3 Å². The number of nitrogens with zero attached hydrogens (tertiary/aromatic N) is 4. The normalized spacial score (nSPS) is 22.6. The molecule has 3 heterocycles. The Balaban J connectivity index is 1.56. The second-order valence-corrected chi connectivity index (χ2v) is 6.03. The number of hydrogen-bond donors (Lipinski definition) is 0. The summed E-state index contributed by atoms with van der Waals surface area (Å²) < 4.78 is 11.2. The third kappa shape index (κ3) is 4.08. The van der Waals surface area contributed by atoms with Gasteiger partial charge >= 0.3 is 0 Å². The summed E-state index contributed by atoms with van der Waals surface area (Å²) in [4.78, 5) is 13.3. The van der Waals surface area contributed by atoms with Gasteiger partial charge in [0.25, 0.3) is 0 Å². The lowest BCUT2D eigenvalue weighted by Crippen LogP contribution is -2.37. The third-order valence-corrected chi connectivity index (χ3v) is 4.42. The first-order valence-corrected chi connectivity index (χ1v) is 8.30. The van der Waals surface area contributed by atoms with E-state index in [1.807, 2.05) is 0 Å². The monoisotopic (exact) mass is 306 g/mol. The van der Waals surface area contributed by atoms with Crippen LogP contribution >= 0.6 is 0 Å². The van der Waals surface area contributed by atoms with Gasteiger partial charge in [-0.05, 0) is 25.7 Å². The summed E-state index contributed by atoms with van der Waals surface area (Å²) in [6, 6.07) is 2.08. The van der Waals surface area contributed by atoms with Crippen LogP contribution in [0, 0.1) is 0 Å². The zero-order valence-corrected chi connectivity index (χ0v) is 13.4. The number of ether oxygens (including phenoxy) is 2. The van der Waals surface area contributed by atoms with E-state index in [-0.39, 0.29) is 0 Å². The molecule has 2 aliphatic heterocycles. The highest BCUT2D eigenvalue weighted by molar-refractivity contribution is 5.49. The van der Waals surface area contributed by atoms with E-state index in [1.54, 1.807) is 6.33 Å². The fraction of sp³-hybridized carbons (Fsp3) is 0.750. The Hall–Kier alpha value is -1.40. The molecule has 0 spiro atoms. The van der Waals surface area contributed by atoms with Crippen molar-refractivity contribution in [2.45, 2.75) is 31.8 Å². The largest absolute Gasteiger partial charge is 0.378 e. The lowest BCUT2D eigenvalue weighted by molar-refractivity contribution is 0.0126. The summed E-state index contributed by atoms with van der Waals surface area (Å²) in [6.45, 7) is 5.22. The lowest BCUT2D eigenvalue weighted by Gasteiger charge is -2.29. The van der Waals surface area contributed by atoms with Gasteiger partial charge in [-0.1, -0.05) is 0 Å². The molecule has 0 N–H and O–H groups in total. The van der Waals surface area contributed by atoms with Crippen LogP contribution in [0.25, 0.3) is 0 Å². The van der Waals surface area contributed by atoms with Crippen LogP contribution in [0.4, 0.5) is 11.6 Å². The van der Waals surface area contributed by atoms with Gasteiger partial charge in [-0.3, -0.25) is 0 Å². The zero-order chi connectivity index (χ0) is 15.2. The van der Waals surface area contributed by atoms with E-state index in [2.05, 4.69) is 32.9 Å². The zero-order valence-electron chi connectivity index (χ0n) is 13.4. The minimum atomic E-state index is 0.414. The molecule has 0 aliphatic carbocycles. The van der Waals surface area contributed by atoms with Gasteiger partial charge in [-0.2, -0.15) is 0 Å². The highest BCUT2D eigenvalue weighted by atomic mass is 16.5. The molecule has 0 aromatic carbocycles. The van der Waals surface area contributed by atoms with Crippen LogP contribution in [0.2, 0.25) is 0 Å². The number of hydrogen-bond acceptors (Lipinski definition) is 6. The average molecular weight is 306 g/mol. The highest BCUT2D eigenvalue weighted by Crippen LogP contribution is 2.20. The number of aromatic nitrogens is 2. The van der Waals surface area contributed by atoms with Crippen LogP contribution in [0.15, 0.2) is 12.4 Å². The molecule has 122 valence electrons. The average Bonchev–Trinajstić information content (AvgIpc) is 2.61. The maximum absolute atomic E-state index is 5.80. The molecule has 2 fully saturated rings. The van der Waals surface area contributed by atoms with Crippen molar-refractivity contribution in [3.8, 4) is 0 Å². The Kier molecular flexibility index (Phi) is 5.45. The Bertz CT molecular complexity index is 459. The molecule has 2 saturated heterocycles. The molecular weight excluding hydrogens is 280 g/mol. The predicted molar refractivity (Wildman–Crippen MR) is 86.5 cm³/mol. The van der Waals surface area contributed by atoms with E-state index in [0.29, 0.717) is 6.10 Å². The van der Waals surface area contributed by atoms with Gasteiger partial charge in [0, 0.05) is 39.4 Å². The predicted octanol–water partition coefficient (Wildman–Crippen LogP) is 1.71. The number of rotatable bonds is 5. The van der Waals surface area contributed by atoms with Gasteiger partial charge in [0.1, 0.15) is 18.0 Å². The quantitative estimate of drug-likeness (QED) is 0.825. The van der Waals surface area contributed by atoms with Crippen LogP contribution in [0.3, 0.4) is 0 Å². The van der Waals surface area contributed by atoms with Crippen molar-refractivity contribution in [1.29, 1.82) is 0 Å². The standard InChI is InChI=1S/C16H26N4O2/c1-19(6-5-14-4-2-3-9-22-14)15-12-16(18-13-17-15)20-7-10-21-11-8-20/h12-14H,2-11H2,1H3/t14-/m1/s1. The molecule has 6 heteroatoms. The highest BCUT2D eigenvalue weighted by Gasteiger charge is 2.16. The van der Waals surface area contributed by atoms with Crippen molar-refractivity contribution in [3.05, 3.63) is 12.4 Å². The van der Waals surface area contributed by atoms with E-state index in [9.17, 15) is 0 Å². The van der Waals surface area contributed by atoms with Crippen LogP contribution < -0.4 is 9.80 Å². The van der Waals surface area contributed by atoms with E-state index in [4.69, 9.17) is 9.47 Å². The van der Waals surface area contributed by atoms with E-state index in [0.717, 1.165) is 57.5 Å². The molecule has 1 aromatic heterocycles. The molecule has 22 heavy (non-hydrogen) atoms. The molecule has 3 rings (SSSR count). The fourth-order valence-corrected chi connectivity index (χ4v) is 3.00. The molecule has 1 atom stereocenters. The van der Waals surface area contributed by atoms with Gasteiger partial charge in [0.2, 0.25) is 0 Å². The first kappa shape index (κ1) is 15.5.